The summed E-state index contributed by atoms with van der Waals surface area (Å²) in [6.45, 7) is 0. The highest BCUT2D eigenvalue weighted by atomic mass is 16.4. The highest BCUT2D eigenvalue weighted by Crippen LogP contribution is 2.15. The molecule has 0 aliphatic carbocycles. The van der Waals surface area contributed by atoms with E-state index < -0.39 is 17.4 Å². The minimum atomic E-state index is -0.788. The summed E-state index contributed by atoms with van der Waals surface area (Å²) in [7, 11) is 0. The lowest BCUT2D eigenvalue weighted by molar-refractivity contribution is 0.0988. The topological polar surface area (TPSA) is 146 Å². The van der Waals surface area contributed by atoms with Crippen LogP contribution in [0.3, 0.4) is 0 Å². The zero-order valence-corrected chi connectivity index (χ0v) is 14.2. The van der Waals surface area contributed by atoms with Crippen molar-refractivity contribution in [3.05, 3.63) is 76.4 Å². The number of anilines is 1. The van der Waals surface area contributed by atoms with Gasteiger partial charge >= 0.3 is 5.63 Å². The van der Waals surface area contributed by atoms with Crippen LogP contribution in [0.5, 0.6) is 0 Å². The highest BCUT2D eigenvalue weighted by Gasteiger charge is 2.14. The number of nitrogens with zero attached hydrogens (tertiary/aromatic N) is 4. The molecule has 28 heavy (non-hydrogen) atoms. The van der Waals surface area contributed by atoms with E-state index in [1.807, 2.05) is 0 Å². The second-order valence-corrected chi connectivity index (χ2v) is 5.75. The van der Waals surface area contributed by atoms with Gasteiger partial charge in [-0.25, -0.2) is 4.79 Å². The number of para-hydroxylation sites is 1. The summed E-state index contributed by atoms with van der Waals surface area (Å²) in [6.07, 6.45) is 0. The van der Waals surface area contributed by atoms with Crippen molar-refractivity contribution >= 4 is 28.5 Å². The van der Waals surface area contributed by atoms with Crippen LogP contribution >= 0.6 is 0 Å². The molecular weight excluding hydrogens is 364 g/mol. The summed E-state index contributed by atoms with van der Waals surface area (Å²) in [6, 6.07) is 14.8. The third-order valence-electron chi connectivity index (χ3n) is 3.88. The summed E-state index contributed by atoms with van der Waals surface area (Å²) < 4.78 is 5.17. The average Bonchev–Trinajstić information content (AvgIpc) is 3.18. The van der Waals surface area contributed by atoms with Gasteiger partial charge in [-0.2, -0.15) is 0 Å². The molecular formula is C18H12N6O4. The maximum atomic E-state index is 12.4. The van der Waals surface area contributed by atoms with Crippen LogP contribution in [-0.4, -0.2) is 32.0 Å². The van der Waals surface area contributed by atoms with Gasteiger partial charge < -0.3 is 15.5 Å². The van der Waals surface area contributed by atoms with E-state index in [0.717, 1.165) is 4.80 Å². The number of hydrogen-bond acceptors (Lipinski definition) is 7. The van der Waals surface area contributed by atoms with Crippen LogP contribution in [-0.2, 0) is 0 Å². The van der Waals surface area contributed by atoms with Gasteiger partial charge in [0.25, 0.3) is 17.6 Å². The number of hydrogen-bond donors (Lipinski definition) is 2. The van der Waals surface area contributed by atoms with E-state index in [9.17, 15) is 14.4 Å². The number of benzene rings is 2. The minimum absolute atomic E-state index is 0.105. The third-order valence-corrected chi connectivity index (χ3v) is 3.88. The van der Waals surface area contributed by atoms with Gasteiger partial charge in [-0.1, -0.05) is 18.2 Å². The van der Waals surface area contributed by atoms with Crippen molar-refractivity contribution in [1.29, 1.82) is 0 Å². The van der Waals surface area contributed by atoms with Crippen LogP contribution < -0.4 is 16.7 Å². The van der Waals surface area contributed by atoms with Gasteiger partial charge in [0, 0.05) is 11.1 Å². The Balaban J connectivity index is 1.56. The van der Waals surface area contributed by atoms with E-state index in [2.05, 4.69) is 20.7 Å². The molecule has 0 bridgehead atoms. The fourth-order valence-electron chi connectivity index (χ4n) is 2.52. The number of fused-ring (bicyclic) bond motifs is 1. The molecule has 4 rings (SSSR count). The van der Waals surface area contributed by atoms with E-state index in [1.165, 1.54) is 6.07 Å². The summed E-state index contributed by atoms with van der Waals surface area (Å²) in [5.74, 6) is -1.59. The number of amides is 2. The second-order valence-electron chi connectivity index (χ2n) is 5.75. The summed E-state index contributed by atoms with van der Waals surface area (Å²) in [5.41, 5.74) is 5.61. The number of carbonyl (C=O) groups is 2. The van der Waals surface area contributed by atoms with Crippen molar-refractivity contribution in [2.45, 2.75) is 0 Å². The Morgan fingerprint density at radius 3 is 2.54 bits per heavy atom. The van der Waals surface area contributed by atoms with E-state index >= 15 is 0 Å². The number of rotatable bonds is 4. The number of aromatic nitrogens is 4. The lowest BCUT2D eigenvalue weighted by Gasteiger charge is -2.06. The Bertz CT molecular complexity index is 1260. The van der Waals surface area contributed by atoms with E-state index in [1.54, 1.807) is 48.5 Å². The van der Waals surface area contributed by atoms with Crippen molar-refractivity contribution in [3.8, 4) is 5.69 Å². The van der Waals surface area contributed by atoms with E-state index in [0.29, 0.717) is 22.3 Å². The molecule has 0 unspecified atom stereocenters. The smallest absolute Gasteiger partial charge is 0.349 e. The molecule has 0 spiro atoms. The number of carbonyl (C=O) groups excluding carboxylic acids is 2. The number of nitrogens with two attached hydrogens (primary N) is 1. The molecule has 0 saturated heterocycles. The molecule has 0 atom stereocenters. The van der Waals surface area contributed by atoms with Gasteiger partial charge in [-0.05, 0) is 41.6 Å². The molecule has 0 aliphatic heterocycles. The molecule has 3 N–H and O–H groups in total. The Morgan fingerprint density at radius 1 is 1.07 bits per heavy atom. The SMILES string of the molecule is NC(=O)c1nnn(-c2ccc(NC(=O)c3cc4ccccc4oc3=O)cc2)n1. The van der Waals surface area contributed by atoms with Crippen LogP contribution in [0.25, 0.3) is 16.7 Å². The zero-order chi connectivity index (χ0) is 19.7. The van der Waals surface area contributed by atoms with Gasteiger partial charge in [0.1, 0.15) is 11.1 Å². The van der Waals surface area contributed by atoms with Crippen LogP contribution in [0.4, 0.5) is 5.69 Å². The fraction of sp³-hybridized carbons (Fsp3) is 0. The minimum Gasteiger partial charge on any atom is -0.422 e. The van der Waals surface area contributed by atoms with Gasteiger partial charge in [-0.15, -0.1) is 15.0 Å². The van der Waals surface area contributed by atoms with Gasteiger partial charge in [0.05, 0.1) is 5.69 Å². The monoisotopic (exact) mass is 376 g/mol. The molecule has 10 heteroatoms. The van der Waals surface area contributed by atoms with Crippen molar-refractivity contribution in [1.82, 2.24) is 20.2 Å². The molecule has 10 nitrogen and oxygen atoms in total. The zero-order valence-electron chi connectivity index (χ0n) is 14.2. The first-order valence-corrected chi connectivity index (χ1v) is 8.06. The first kappa shape index (κ1) is 17.1. The normalized spacial score (nSPS) is 10.7. The van der Waals surface area contributed by atoms with Crippen LogP contribution in [0, 0.1) is 0 Å². The van der Waals surface area contributed by atoms with Crippen molar-refractivity contribution < 1.29 is 14.0 Å². The quantitative estimate of drug-likeness (QED) is 0.507. The Labute approximate surface area is 156 Å². The lowest BCUT2D eigenvalue weighted by Crippen LogP contribution is -2.20. The lowest BCUT2D eigenvalue weighted by atomic mass is 10.1. The van der Waals surface area contributed by atoms with Crippen LogP contribution in [0.15, 0.2) is 63.8 Å². The largest absolute Gasteiger partial charge is 0.422 e. The summed E-state index contributed by atoms with van der Waals surface area (Å²) >= 11 is 0. The van der Waals surface area contributed by atoms with Crippen LogP contribution in [0.2, 0.25) is 0 Å². The molecule has 0 fully saturated rings. The van der Waals surface area contributed by atoms with E-state index in [4.69, 9.17) is 10.2 Å². The van der Waals surface area contributed by atoms with E-state index in [-0.39, 0.29) is 11.4 Å². The molecule has 2 aromatic carbocycles. The molecule has 2 amide bonds. The van der Waals surface area contributed by atoms with Crippen molar-refractivity contribution in [2.24, 2.45) is 5.73 Å². The highest BCUT2D eigenvalue weighted by molar-refractivity contribution is 6.05. The van der Waals surface area contributed by atoms with Gasteiger partial charge in [0.15, 0.2) is 0 Å². The maximum absolute atomic E-state index is 12.4. The molecule has 0 saturated carbocycles. The molecule has 2 heterocycles. The number of primary amides is 1. The molecule has 0 aliphatic rings. The maximum Gasteiger partial charge on any atom is 0.349 e. The predicted octanol–water partition coefficient (Wildman–Crippen LogP) is 1.12. The molecule has 0 radical (unpaired) electrons. The number of nitrogens with one attached hydrogen (secondary N) is 1. The Kier molecular flexibility index (Phi) is 4.13. The predicted molar refractivity (Wildman–Crippen MR) is 98.1 cm³/mol. The summed E-state index contributed by atoms with van der Waals surface area (Å²) in [4.78, 5) is 36.7. The molecule has 4 aromatic rings. The number of tetrazole rings is 1. The van der Waals surface area contributed by atoms with Crippen molar-refractivity contribution in [2.75, 3.05) is 5.32 Å². The van der Waals surface area contributed by atoms with Gasteiger partial charge in [0.2, 0.25) is 0 Å². The third kappa shape index (κ3) is 3.21. The summed E-state index contributed by atoms with van der Waals surface area (Å²) in [5, 5.41) is 14.4. The van der Waals surface area contributed by atoms with Crippen LogP contribution in [0.1, 0.15) is 21.0 Å². The first-order chi connectivity index (χ1) is 13.5. The fourth-order valence-corrected chi connectivity index (χ4v) is 2.52. The molecule has 138 valence electrons. The standard InChI is InChI=1S/C18H12N6O4/c19-15(25)16-21-23-24(22-16)12-7-5-11(6-8-12)20-17(26)13-9-10-3-1-2-4-14(10)28-18(13)27/h1-9H,(H2,19,25)(H,20,26). The second kappa shape index (κ2) is 6.76. The van der Waals surface area contributed by atoms with Crippen molar-refractivity contribution in [3.63, 3.8) is 0 Å². The molecule has 2 aromatic heterocycles. The Morgan fingerprint density at radius 2 is 1.82 bits per heavy atom. The Hall–Kier alpha value is -4.34. The first-order valence-electron chi connectivity index (χ1n) is 8.06. The van der Waals surface area contributed by atoms with Gasteiger partial charge in [-0.3, -0.25) is 9.59 Å². The average molecular weight is 376 g/mol.